The third-order valence-corrected chi connectivity index (χ3v) is 5.69. The zero-order chi connectivity index (χ0) is 15.1. The van der Waals surface area contributed by atoms with Gasteiger partial charge in [-0.25, -0.2) is 4.98 Å². The highest BCUT2D eigenvalue weighted by molar-refractivity contribution is 7.15. The van der Waals surface area contributed by atoms with Crippen LogP contribution in [0.15, 0.2) is 24.3 Å². The molecule has 4 rings (SSSR count). The second-order valence-electron chi connectivity index (χ2n) is 6.13. The van der Waals surface area contributed by atoms with Gasteiger partial charge in [-0.05, 0) is 29.9 Å². The third-order valence-electron chi connectivity index (χ3n) is 4.78. The molecule has 1 aliphatic carbocycles. The smallest absolute Gasteiger partial charge is 0.223 e. The Kier molecular flexibility index (Phi) is 3.37. The average molecular weight is 313 g/mol. The van der Waals surface area contributed by atoms with Crippen LogP contribution in [0.3, 0.4) is 0 Å². The fraction of sp³-hybridized carbons (Fsp3) is 0.412. The zero-order valence-corrected chi connectivity index (χ0v) is 13.2. The molecule has 0 saturated heterocycles. The van der Waals surface area contributed by atoms with E-state index in [1.165, 1.54) is 22.5 Å². The van der Waals surface area contributed by atoms with Gasteiger partial charge in [0.25, 0.3) is 0 Å². The van der Waals surface area contributed by atoms with Crippen LogP contribution in [0.25, 0.3) is 0 Å². The summed E-state index contributed by atoms with van der Waals surface area (Å²) < 4.78 is 0. The van der Waals surface area contributed by atoms with Gasteiger partial charge in [-0.3, -0.25) is 4.79 Å². The summed E-state index contributed by atoms with van der Waals surface area (Å²) in [5.41, 5.74) is 9.63. The minimum absolute atomic E-state index is 0.263. The first-order chi connectivity index (χ1) is 10.7. The van der Waals surface area contributed by atoms with E-state index in [0.29, 0.717) is 24.0 Å². The van der Waals surface area contributed by atoms with Crippen molar-refractivity contribution in [3.8, 4) is 0 Å². The predicted molar refractivity (Wildman–Crippen MR) is 87.8 cm³/mol. The second-order valence-corrected chi connectivity index (χ2v) is 7.24. The maximum Gasteiger partial charge on any atom is 0.223 e. The van der Waals surface area contributed by atoms with Gasteiger partial charge in [0.15, 0.2) is 5.13 Å². The Balaban J connectivity index is 1.46. The van der Waals surface area contributed by atoms with Crippen LogP contribution < -0.4 is 5.73 Å². The topological polar surface area (TPSA) is 59.2 Å². The van der Waals surface area contributed by atoms with E-state index in [1.807, 2.05) is 4.90 Å². The molecule has 22 heavy (non-hydrogen) atoms. The monoisotopic (exact) mass is 313 g/mol. The Labute approximate surface area is 134 Å². The van der Waals surface area contributed by atoms with E-state index >= 15 is 0 Å². The number of nitrogens with zero attached hydrogens (tertiary/aromatic N) is 2. The van der Waals surface area contributed by atoms with Crippen molar-refractivity contribution in [3.05, 3.63) is 46.0 Å². The summed E-state index contributed by atoms with van der Waals surface area (Å²) in [4.78, 5) is 20.1. The molecule has 1 atom stereocenters. The molecule has 2 aromatic rings. The number of amides is 1. The SMILES string of the molecule is Nc1nc2c(s1)CN(C(=O)C[C@@H]1CCc3ccccc31)CC2. The molecule has 0 spiro atoms. The molecule has 0 radical (unpaired) electrons. The van der Waals surface area contributed by atoms with Crippen molar-refractivity contribution >= 4 is 22.4 Å². The van der Waals surface area contributed by atoms with Gasteiger partial charge in [0, 0.05) is 24.3 Å². The lowest BCUT2D eigenvalue weighted by Gasteiger charge is -2.27. The molecule has 0 bridgehead atoms. The molecule has 114 valence electrons. The molecule has 2 aliphatic rings. The van der Waals surface area contributed by atoms with Crippen LogP contribution in [0, 0.1) is 0 Å². The van der Waals surface area contributed by atoms with E-state index in [4.69, 9.17) is 5.73 Å². The molecule has 0 unspecified atom stereocenters. The second kappa shape index (κ2) is 5.39. The van der Waals surface area contributed by atoms with Crippen molar-refractivity contribution in [2.45, 2.75) is 38.1 Å². The number of hydrogen-bond donors (Lipinski definition) is 1. The first-order valence-electron chi connectivity index (χ1n) is 7.80. The van der Waals surface area contributed by atoms with Gasteiger partial charge in [0.05, 0.1) is 12.2 Å². The molecule has 1 amide bonds. The molecule has 2 heterocycles. The number of nitrogen functional groups attached to an aromatic ring is 1. The van der Waals surface area contributed by atoms with Crippen molar-refractivity contribution < 1.29 is 4.79 Å². The molecular weight excluding hydrogens is 294 g/mol. The first-order valence-corrected chi connectivity index (χ1v) is 8.62. The van der Waals surface area contributed by atoms with Gasteiger partial charge < -0.3 is 10.6 Å². The molecular formula is C17H19N3OS. The minimum Gasteiger partial charge on any atom is -0.375 e. The van der Waals surface area contributed by atoms with Crippen LogP contribution in [0.5, 0.6) is 0 Å². The summed E-state index contributed by atoms with van der Waals surface area (Å²) in [5, 5.41) is 0.615. The van der Waals surface area contributed by atoms with E-state index in [2.05, 4.69) is 29.2 Å². The van der Waals surface area contributed by atoms with Crippen LogP contribution in [0.4, 0.5) is 5.13 Å². The van der Waals surface area contributed by atoms with E-state index < -0.39 is 0 Å². The maximum atomic E-state index is 12.7. The van der Waals surface area contributed by atoms with Gasteiger partial charge in [0.1, 0.15) is 0 Å². The fourth-order valence-electron chi connectivity index (χ4n) is 3.63. The summed E-state index contributed by atoms with van der Waals surface area (Å²) in [6.45, 7) is 1.45. The lowest BCUT2D eigenvalue weighted by atomic mass is 9.97. The van der Waals surface area contributed by atoms with Gasteiger partial charge in [-0.1, -0.05) is 24.3 Å². The standard InChI is InChI=1S/C17H19N3OS/c18-17-19-14-7-8-20(10-15(14)22-17)16(21)9-12-6-5-11-3-1-2-4-13(11)12/h1-4,12H,5-10H2,(H2,18,19)/t12-/m0/s1. The van der Waals surface area contributed by atoms with Crippen molar-refractivity contribution in [1.29, 1.82) is 0 Å². The van der Waals surface area contributed by atoms with Crippen molar-refractivity contribution in [2.75, 3.05) is 12.3 Å². The Morgan fingerprint density at radius 3 is 3.14 bits per heavy atom. The molecule has 1 aromatic heterocycles. The molecule has 1 aromatic carbocycles. The number of fused-ring (bicyclic) bond motifs is 2. The van der Waals surface area contributed by atoms with Gasteiger partial charge >= 0.3 is 0 Å². The van der Waals surface area contributed by atoms with Crippen LogP contribution in [-0.2, 0) is 24.2 Å². The van der Waals surface area contributed by atoms with Crippen LogP contribution in [-0.4, -0.2) is 22.3 Å². The normalized spacial score (nSPS) is 19.8. The Bertz CT molecular complexity index is 724. The Hall–Kier alpha value is -1.88. The number of aromatic nitrogens is 1. The minimum atomic E-state index is 0.263. The number of benzene rings is 1. The Morgan fingerprint density at radius 1 is 1.36 bits per heavy atom. The summed E-state index contributed by atoms with van der Waals surface area (Å²) >= 11 is 1.52. The highest BCUT2D eigenvalue weighted by Gasteiger charge is 2.28. The molecule has 0 fully saturated rings. The van der Waals surface area contributed by atoms with Crippen LogP contribution in [0.1, 0.15) is 40.5 Å². The summed E-state index contributed by atoms with van der Waals surface area (Å²) in [6.07, 6.45) is 3.65. The fourth-order valence-corrected chi connectivity index (χ4v) is 4.52. The first kappa shape index (κ1) is 13.8. The van der Waals surface area contributed by atoms with Crippen molar-refractivity contribution in [3.63, 3.8) is 0 Å². The molecule has 0 saturated carbocycles. The van der Waals surface area contributed by atoms with Crippen LogP contribution >= 0.6 is 11.3 Å². The quantitative estimate of drug-likeness (QED) is 0.927. The van der Waals surface area contributed by atoms with Gasteiger partial charge in [0.2, 0.25) is 5.91 Å². The van der Waals surface area contributed by atoms with Crippen molar-refractivity contribution in [2.24, 2.45) is 0 Å². The number of aryl methyl sites for hydroxylation is 1. The van der Waals surface area contributed by atoms with E-state index in [1.54, 1.807) is 0 Å². The van der Waals surface area contributed by atoms with Crippen molar-refractivity contribution in [1.82, 2.24) is 9.88 Å². The average Bonchev–Trinajstić information content (AvgIpc) is 3.09. The van der Waals surface area contributed by atoms with Crippen LogP contribution in [0.2, 0.25) is 0 Å². The summed E-state index contributed by atoms with van der Waals surface area (Å²) in [7, 11) is 0. The number of hydrogen-bond acceptors (Lipinski definition) is 4. The van der Waals surface area contributed by atoms with Gasteiger partial charge in [-0.2, -0.15) is 0 Å². The molecule has 4 nitrogen and oxygen atoms in total. The van der Waals surface area contributed by atoms with E-state index in [-0.39, 0.29) is 5.91 Å². The predicted octanol–water partition coefficient (Wildman–Crippen LogP) is 2.73. The Morgan fingerprint density at radius 2 is 2.23 bits per heavy atom. The molecule has 5 heteroatoms. The molecule has 1 aliphatic heterocycles. The number of carbonyl (C=O) groups is 1. The highest BCUT2D eigenvalue weighted by atomic mass is 32.1. The zero-order valence-electron chi connectivity index (χ0n) is 12.4. The van der Waals surface area contributed by atoms with Gasteiger partial charge in [-0.15, -0.1) is 11.3 Å². The van der Waals surface area contributed by atoms with E-state index in [9.17, 15) is 4.79 Å². The van der Waals surface area contributed by atoms with E-state index in [0.717, 1.165) is 36.4 Å². The number of rotatable bonds is 2. The number of carbonyl (C=O) groups excluding carboxylic acids is 1. The maximum absolute atomic E-state index is 12.7. The number of anilines is 1. The summed E-state index contributed by atoms with van der Waals surface area (Å²) in [6, 6.07) is 8.53. The summed E-state index contributed by atoms with van der Waals surface area (Å²) in [5.74, 6) is 0.649. The molecule has 2 N–H and O–H groups in total. The number of nitrogens with two attached hydrogens (primary N) is 1. The third kappa shape index (κ3) is 2.39. The largest absolute Gasteiger partial charge is 0.375 e. The lowest BCUT2D eigenvalue weighted by Crippen LogP contribution is -2.36. The lowest BCUT2D eigenvalue weighted by molar-refractivity contribution is -0.132. The highest BCUT2D eigenvalue weighted by Crippen LogP contribution is 2.36. The number of thiazole rings is 1.